The first kappa shape index (κ1) is 82.7. The van der Waals surface area contributed by atoms with E-state index in [2.05, 4.69) is 129 Å². The van der Waals surface area contributed by atoms with Gasteiger partial charge in [-0.15, -0.1) is 0 Å². The summed E-state index contributed by atoms with van der Waals surface area (Å²) >= 11 is 0. The molecular weight excluding hydrogens is 1130 g/mol. The molecule has 0 aromatic carbocycles. The number of amides is 1. The summed E-state index contributed by atoms with van der Waals surface area (Å²) in [4.78, 5) is 13.4. The van der Waals surface area contributed by atoms with Gasteiger partial charge in [-0.25, -0.2) is 0 Å². The monoisotopic (exact) mass is 1270 g/mol. The van der Waals surface area contributed by atoms with Gasteiger partial charge in [0.15, 0.2) is 12.6 Å². The van der Waals surface area contributed by atoms with Crippen LogP contribution in [0.2, 0.25) is 0 Å². The van der Waals surface area contributed by atoms with Gasteiger partial charge in [-0.05, 0) is 83.5 Å². The number of carbonyl (C=O) groups excluding carboxylic acids is 1. The minimum Gasteiger partial charge on any atom is -0.394 e. The third kappa shape index (κ3) is 42.8. The Kier molecular flexibility index (Phi) is 54.6. The Morgan fingerprint density at radius 3 is 1.18 bits per heavy atom. The van der Waals surface area contributed by atoms with Crippen LogP contribution in [-0.4, -0.2) is 140 Å². The van der Waals surface area contributed by atoms with E-state index < -0.39 is 86.8 Å². The van der Waals surface area contributed by atoms with E-state index in [0.29, 0.717) is 19.3 Å². The zero-order valence-corrected chi connectivity index (χ0v) is 56.3. The highest BCUT2D eigenvalue weighted by atomic mass is 16.7. The van der Waals surface area contributed by atoms with Crippen molar-refractivity contribution in [2.75, 3.05) is 19.8 Å². The predicted molar refractivity (Wildman–Crippen MR) is 369 cm³/mol. The van der Waals surface area contributed by atoms with Gasteiger partial charge in [0.05, 0.1) is 32.0 Å². The molecule has 0 aliphatic carbocycles. The van der Waals surface area contributed by atoms with Crippen LogP contribution in [0.4, 0.5) is 0 Å². The first-order valence-electron chi connectivity index (χ1n) is 36.1. The van der Waals surface area contributed by atoms with E-state index in [1.165, 1.54) is 128 Å². The summed E-state index contributed by atoms with van der Waals surface area (Å²) in [6.07, 6.45) is 68.1. The van der Waals surface area contributed by atoms with Gasteiger partial charge in [-0.1, -0.05) is 290 Å². The average molecular weight is 1270 g/mol. The fourth-order valence-electron chi connectivity index (χ4n) is 11.3. The highest BCUT2D eigenvalue weighted by Crippen LogP contribution is 2.30. The maximum absolute atomic E-state index is 13.4. The number of allylic oxidation sites excluding steroid dienone is 18. The number of nitrogens with one attached hydrogen (secondary N) is 1. The van der Waals surface area contributed by atoms with Crippen molar-refractivity contribution < 1.29 is 64.6 Å². The largest absolute Gasteiger partial charge is 0.394 e. The minimum atomic E-state index is -1.79. The lowest BCUT2D eigenvalue weighted by Gasteiger charge is -2.46. The highest BCUT2D eigenvalue weighted by molar-refractivity contribution is 5.76. The smallest absolute Gasteiger partial charge is 0.220 e. The third-order valence-corrected chi connectivity index (χ3v) is 17.0. The van der Waals surface area contributed by atoms with Crippen molar-refractivity contribution in [3.05, 3.63) is 109 Å². The molecule has 0 aromatic heterocycles. The fraction of sp³-hybridized carbons (Fsp3) is 0.750. The minimum absolute atomic E-state index is 0.212. The van der Waals surface area contributed by atoms with E-state index in [1.54, 1.807) is 0 Å². The topological polar surface area (TPSA) is 228 Å². The van der Waals surface area contributed by atoms with Gasteiger partial charge in [0, 0.05) is 6.42 Å². The Labute approximate surface area is 546 Å². The number of aliphatic hydroxyl groups is 8. The van der Waals surface area contributed by atoms with E-state index in [9.17, 15) is 45.6 Å². The summed E-state index contributed by atoms with van der Waals surface area (Å²) in [7, 11) is 0. The lowest BCUT2D eigenvalue weighted by atomic mass is 9.97. The number of unbranched alkanes of at least 4 members (excludes halogenated alkanes) is 27. The molecule has 1 amide bonds. The molecule has 0 bridgehead atoms. The molecule has 2 saturated heterocycles. The van der Waals surface area contributed by atoms with E-state index in [4.69, 9.17) is 18.9 Å². The highest BCUT2D eigenvalue weighted by Gasteiger charge is 2.51. The molecule has 12 atom stereocenters. The molecule has 0 radical (unpaired) electrons. The van der Waals surface area contributed by atoms with Crippen LogP contribution in [0, 0.1) is 0 Å². The lowest BCUT2D eigenvalue weighted by molar-refractivity contribution is -0.359. The summed E-state index contributed by atoms with van der Waals surface area (Å²) in [6, 6.07) is -0.837. The van der Waals surface area contributed by atoms with E-state index in [1.807, 2.05) is 0 Å². The zero-order chi connectivity index (χ0) is 65.2. The molecule has 0 aromatic rings. The summed E-state index contributed by atoms with van der Waals surface area (Å²) in [5.74, 6) is -0.212. The maximum atomic E-state index is 13.4. The van der Waals surface area contributed by atoms with Crippen molar-refractivity contribution in [3.8, 4) is 0 Å². The molecule has 0 spiro atoms. The van der Waals surface area contributed by atoms with Crippen molar-refractivity contribution >= 4 is 5.91 Å². The number of aliphatic hydroxyl groups excluding tert-OH is 8. The molecule has 90 heavy (non-hydrogen) atoms. The van der Waals surface area contributed by atoms with Crippen molar-refractivity contribution in [3.63, 3.8) is 0 Å². The summed E-state index contributed by atoms with van der Waals surface area (Å²) in [6.45, 7) is 2.76. The summed E-state index contributed by atoms with van der Waals surface area (Å²) in [5.41, 5.74) is 0. The van der Waals surface area contributed by atoms with Crippen LogP contribution in [-0.2, 0) is 23.7 Å². The van der Waals surface area contributed by atoms with Crippen LogP contribution in [0.5, 0.6) is 0 Å². The second kappa shape index (κ2) is 59.4. The molecule has 12 unspecified atom stereocenters. The maximum Gasteiger partial charge on any atom is 0.220 e. The van der Waals surface area contributed by atoms with Crippen LogP contribution in [0.3, 0.4) is 0 Å². The second-order valence-electron chi connectivity index (χ2n) is 25.0. The van der Waals surface area contributed by atoms with Crippen molar-refractivity contribution in [2.24, 2.45) is 0 Å². The molecular formula is C76H131NO13. The van der Waals surface area contributed by atoms with Gasteiger partial charge < -0.3 is 65.1 Å². The molecule has 9 N–H and O–H groups in total. The van der Waals surface area contributed by atoms with Crippen molar-refractivity contribution in [1.82, 2.24) is 5.32 Å². The van der Waals surface area contributed by atoms with Crippen molar-refractivity contribution in [2.45, 2.75) is 344 Å². The van der Waals surface area contributed by atoms with Gasteiger partial charge >= 0.3 is 0 Å². The Morgan fingerprint density at radius 1 is 0.411 bits per heavy atom. The third-order valence-electron chi connectivity index (χ3n) is 17.0. The van der Waals surface area contributed by atoms with Gasteiger partial charge in [-0.3, -0.25) is 4.79 Å². The SMILES string of the molecule is CC/C=C\C/C=C\C/C=C\C/C=C\C/C=C\C/C=C\C/C=C\C/C=C\C/C=C\CCCCCCCCCCCCCC(=O)NC(COC1OC(CO)C(OC2OC(CO)C(O)C(O)C2O)C(O)C1O)C(O)CCCCCCCCCCCCCCCCCCC. The number of hydrogen-bond donors (Lipinski definition) is 9. The van der Waals surface area contributed by atoms with Crippen molar-refractivity contribution in [1.29, 1.82) is 0 Å². The Balaban J connectivity index is 1.62. The summed E-state index contributed by atoms with van der Waals surface area (Å²) < 4.78 is 22.9. The van der Waals surface area contributed by atoms with E-state index in [0.717, 1.165) is 109 Å². The van der Waals surface area contributed by atoms with E-state index >= 15 is 0 Å². The van der Waals surface area contributed by atoms with Gasteiger partial charge in [0.2, 0.25) is 5.91 Å². The van der Waals surface area contributed by atoms with Gasteiger partial charge in [0.1, 0.15) is 48.8 Å². The normalized spacial score (nSPS) is 23.6. The fourth-order valence-corrected chi connectivity index (χ4v) is 11.3. The van der Waals surface area contributed by atoms with Crippen LogP contribution < -0.4 is 5.32 Å². The molecule has 2 aliphatic rings. The van der Waals surface area contributed by atoms with Crippen LogP contribution in [0.15, 0.2) is 109 Å². The number of ether oxygens (including phenoxy) is 4. The number of rotatable bonds is 58. The van der Waals surface area contributed by atoms with Crippen LogP contribution in [0.1, 0.15) is 271 Å². The quantitative estimate of drug-likeness (QED) is 0.0204. The lowest BCUT2D eigenvalue weighted by Crippen LogP contribution is -2.65. The number of carbonyl (C=O) groups is 1. The molecule has 0 saturated carbocycles. The second-order valence-corrected chi connectivity index (χ2v) is 25.0. The Hall–Kier alpha value is -3.35. The van der Waals surface area contributed by atoms with Crippen LogP contribution >= 0.6 is 0 Å². The molecule has 2 fully saturated rings. The molecule has 14 nitrogen and oxygen atoms in total. The first-order chi connectivity index (χ1) is 44.1. The Bertz CT molecular complexity index is 1930. The molecule has 518 valence electrons. The summed E-state index contributed by atoms with van der Waals surface area (Å²) in [5, 5.41) is 87.6. The van der Waals surface area contributed by atoms with Crippen LogP contribution in [0.25, 0.3) is 0 Å². The Morgan fingerprint density at radius 2 is 0.767 bits per heavy atom. The average Bonchev–Trinajstić information content (AvgIpc) is 1.04. The molecule has 2 aliphatic heterocycles. The van der Waals surface area contributed by atoms with E-state index in [-0.39, 0.29) is 12.5 Å². The zero-order valence-electron chi connectivity index (χ0n) is 56.3. The predicted octanol–water partition coefficient (Wildman–Crippen LogP) is 15.1. The first-order valence-corrected chi connectivity index (χ1v) is 36.1. The molecule has 14 heteroatoms. The van der Waals surface area contributed by atoms with Gasteiger partial charge in [0.25, 0.3) is 0 Å². The molecule has 2 rings (SSSR count). The standard InChI is InChI=1S/C76H131NO13/c1-3-5-7-9-11-13-15-17-19-21-22-23-24-25-26-27-28-29-30-31-32-33-34-35-36-37-38-39-40-41-42-44-46-48-50-52-54-56-58-60-68(81)77-64(65(80)59-57-55-53-51-49-47-45-43-20-18-16-14-12-10-8-6-4-2)63-87-75-73(86)71(84)74(67(62-79)89-75)90-76-72(85)70(83)69(82)66(61-78)88-76/h5,7,11,13,17,19,22-23,25-26,28-29,31-32,34-35,37-38,64-67,69-76,78-80,82-86H,3-4,6,8-10,12,14-16,18,20-21,24,27,30,33,36,39-63H2,1-2H3,(H,77,81)/b7-5-,13-11-,19-17-,23-22-,26-25-,29-28-,32-31-,35-34-,38-37-. The number of hydrogen-bond acceptors (Lipinski definition) is 13. The van der Waals surface area contributed by atoms with Gasteiger partial charge in [-0.2, -0.15) is 0 Å². The molecule has 2 heterocycles.